The smallest absolute Gasteiger partial charge is 0.133 e. The van der Waals surface area contributed by atoms with Crippen LogP contribution in [0.2, 0.25) is 0 Å². The monoisotopic (exact) mass is 278 g/mol. The Bertz CT molecular complexity index is 424. The van der Waals surface area contributed by atoms with Crippen molar-refractivity contribution in [3.8, 4) is 0 Å². The Kier molecular flexibility index (Phi) is 5.59. The van der Waals surface area contributed by atoms with Crippen LogP contribution in [0.5, 0.6) is 0 Å². The molecule has 5 heteroatoms. The van der Waals surface area contributed by atoms with Crippen molar-refractivity contribution in [2.24, 2.45) is 0 Å². The van der Waals surface area contributed by atoms with Gasteiger partial charge >= 0.3 is 0 Å². The van der Waals surface area contributed by atoms with E-state index in [1.807, 2.05) is 6.07 Å². The number of aromatic nitrogens is 2. The van der Waals surface area contributed by atoms with Crippen LogP contribution in [0.1, 0.15) is 45.9 Å². The number of hydrogen-bond donors (Lipinski definition) is 2. The van der Waals surface area contributed by atoms with E-state index >= 15 is 0 Å². The van der Waals surface area contributed by atoms with E-state index < -0.39 is 0 Å². The molecule has 0 saturated carbocycles. The fourth-order valence-electron chi connectivity index (χ4n) is 2.36. The first-order valence-electron chi connectivity index (χ1n) is 7.73. The van der Waals surface area contributed by atoms with Gasteiger partial charge in [0.1, 0.15) is 17.5 Å². The maximum Gasteiger partial charge on any atom is 0.133 e. The van der Waals surface area contributed by atoms with Gasteiger partial charge in [0.2, 0.25) is 0 Å². The van der Waals surface area contributed by atoms with E-state index in [1.165, 1.54) is 0 Å². The number of anilines is 2. The molecule has 2 unspecified atom stereocenters. The van der Waals surface area contributed by atoms with Gasteiger partial charge in [-0.1, -0.05) is 13.8 Å². The minimum atomic E-state index is 0.242. The van der Waals surface area contributed by atoms with Crippen molar-refractivity contribution in [3.05, 3.63) is 11.9 Å². The summed E-state index contributed by atoms with van der Waals surface area (Å²) in [6.07, 6.45) is 4.33. The predicted octanol–water partition coefficient (Wildman–Crippen LogP) is 2.84. The fraction of sp³-hybridized carbons (Fsp3) is 0.733. The highest BCUT2D eigenvalue weighted by Crippen LogP contribution is 2.19. The number of aryl methyl sites for hydroxylation is 1. The van der Waals surface area contributed by atoms with Crippen molar-refractivity contribution in [2.45, 2.75) is 58.6 Å². The average Bonchev–Trinajstić information content (AvgIpc) is 2.82. The minimum Gasteiger partial charge on any atom is -0.376 e. The normalized spacial score (nSPS) is 21.9. The van der Waals surface area contributed by atoms with Crippen LogP contribution >= 0.6 is 0 Å². The van der Waals surface area contributed by atoms with E-state index in [1.54, 1.807) is 0 Å². The van der Waals surface area contributed by atoms with E-state index in [0.29, 0.717) is 6.04 Å². The molecule has 20 heavy (non-hydrogen) atoms. The van der Waals surface area contributed by atoms with E-state index in [0.717, 1.165) is 56.3 Å². The number of nitrogens with zero attached hydrogens (tertiary/aromatic N) is 2. The summed E-state index contributed by atoms with van der Waals surface area (Å²) in [5.41, 5.74) is 0. The zero-order chi connectivity index (χ0) is 14.4. The van der Waals surface area contributed by atoms with Crippen molar-refractivity contribution < 1.29 is 4.74 Å². The predicted molar refractivity (Wildman–Crippen MR) is 82.2 cm³/mol. The van der Waals surface area contributed by atoms with Crippen LogP contribution in [0, 0.1) is 0 Å². The number of ether oxygens (including phenoxy) is 1. The molecule has 1 aliphatic rings. The molecule has 1 fully saturated rings. The van der Waals surface area contributed by atoms with Crippen molar-refractivity contribution in [3.63, 3.8) is 0 Å². The highest BCUT2D eigenvalue weighted by molar-refractivity contribution is 5.48. The highest BCUT2D eigenvalue weighted by atomic mass is 16.5. The SMILES string of the molecule is CCCNc1cc(NC2CCOC2C)nc(CCC)n1. The third-order valence-electron chi connectivity index (χ3n) is 3.51. The zero-order valence-electron chi connectivity index (χ0n) is 12.8. The summed E-state index contributed by atoms with van der Waals surface area (Å²) in [6.45, 7) is 8.17. The third-order valence-corrected chi connectivity index (χ3v) is 3.51. The minimum absolute atomic E-state index is 0.242. The molecule has 5 nitrogen and oxygen atoms in total. The van der Waals surface area contributed by atoms with Gasteiger partial charge in [-0.3, -0.25) is 0 Å². The number of rotatable bonds is 7. The first-order chi connectivity index (χ1) is 9.72. The quantitative estimate of drug-likeness (QED) is 0.803. The third kappa shape index (κ3) is 4.07. The van der Waals surface area contributed by atoms with Crippen molar-refractivity contribution in [2.75, 3.05) is 23.8 Å². The largest absolute Gasteiger partial charge is 0.376 e. The zero-order valence-corrected chi connectivity index (χ0v) is 12.8. The van der Waals surface area contributed by atoms with E-state index in [2.05, 4.69) is 41.4 Å². The molecule has 0 aromatic carbocycles. The summed E-state index contributed by atoms with van der Waals surface area (Å²) in [5, 5.41) is 6.84. The van der Waals surface area contributed by atoms with Crippen molar-refractivity contribution >= 4 is 11.6 Å². The molecule has 0 aliphatic carbocycles. The van der Waals surface area contributed by atoms with Crippen LogP contribution in [-0.2, 0) is 11.2 Å². The molecular formula is C15H26N4O. The van der Waals surface area contributed by atoms with Gasteiger partial charge in [-0.2, -0.15) is 0 Å². The molecule has 1 aliphatic heterocycles. The van der Waals surface area contributed by atoms with Gasteiger partial charge in [0.25, 0.3) is 0 Å². The molecule has 2 rings (SSSR count). The van der Waals surface area contributed by atoms with Gasteiger partial charge in [-0.15, -0.1) is 0 Å². The van der Waals surface area contributed by atoms with Gasteiger partial charge in [0.15, 0.2) is 0 Å². The molecule has 0 radical (unpaired) electrons. The summed E-state index contributed by atoms with van der Waals surface area (Å²) in [4.78, 5) is 9.17. The second-order valence-electron chi connectivity index (χ2n) is 5.35. The standard InChI is InChI=1S/C15H26N4O/c1-4-6-13-18-14(16-8-5-2)10-15(19-13)17-12-7-9-20-11(12)3/h10-12H,4-9H2,1-3H3,(H2,16,17,18,19). The van der Waals surface area contributed by atoms with Gasteiger partial charge in [0.05, 0.1) is 12.1 Å². The Balaban J connectivity index is 2.10. The highest BCUT2D eigenvalue weighted by Gasteiger charge is 2.24. The van der Waals surface area contributed by atoms with E-state index in [4.69, 9.17) is 4.74 Å². The molecule has 0 bridgehead atoms. The second-order valence-corrected chi connectivity index (χ2v) is 5.35. The molecule has 2 heterocycles. The second kappa shape index (κ2) is 7.43. The summed E-state index contributed by atoms with van der Waals surface area (Å²) in [6, 6.07) is 2.35. The first kappa shape index (κ1) is 15.0. The fourth-order valence-corrected chi connectivity index (χ4v) is 2.36. The van der Waals surface area contributed by atoms with E-state index in [9.17, 15) is 0 Å². The van der Waals surface area contributed by atoms with Crippen molar-refractivity contribution in [1.82, 2.24) is 9.97 Å². The van der Waals surface area contributed by atoms with Crippen LogP contribution in [-0.4, -0.2) is 35.3 Å². The first-order valence-corrected chi connectivity index (χ1v) is 7.73. The van der Waals surface area contributed by atoms with Crippen LogP contribution in [0.3, 0.4) is 0 Å². The lowest BCUT2D eigenvalue weighted by atomic mass is 10.1. The molecule has 1 aromatic rings. The molecule has 1 aromatic heterocycles. The Morgan fingerprint density at radius 1 is 1.25 bits per heavy atom. The molecule has 2 N–H and O–H groups in total. The van der Waals surface area contributed by atoms with Gasteiger partial charge < -0.3 is 15.4 Å². The van der Waals surface area contributed by atoms with Gasteiger partial charge in [-0.25, -0.2) is 9.97 Å². The molecular weight excluding hydrogens is 252 g/mol. The Morgan fingerprint density at radius 2 is 2.05 bits per heavy atom. The van der Waals surface area contributed by atoms with Crippen LogP contribution in [0.25, 0.3) is 0 Å². The maximum atomic E-state index is 5.59. The Morgan fingerprint density at radius 3 is 2.70 bits per heavy atom. The lowest BCUT2D eigenvalue weighted by Crippen LogP contribution is -2.27. The lowest BCUT2D eigenvalue weighted by Gasteiger charge is -2.18. The lowest BCUT2D eigenvalue weighted by molar-refractivity contribution is 0.121. The molecule has 0 spiro atoms. The van der Waals surface area contributed by atoms with E-state index in [-0.39, 0.29) is 6.10 Å². The number of nitrogens with one attached hydrogen (secondary N) is 2. The summed E-state index contributed by atoms with van der Waals surface area (Å²) in [7, 11) is 0. The maximum absolute atomic E-state index is 5.59. The summed E-state index contributed by atoms with van der Waals surface area (Å²) >= 11 is 0. The topological polar surface area (TPSA) is 59.1 Å². The molecule has 2 atom stereocenters. The van der Waals surface area contributed by atoms with Crippen LogP contribution < -0.4 is 10.6 Å². The Labute approximate surface area is 121 Å². The molecule has 0 amide bonds. The van der Waals surface area contributed by atoms with Crippen molar-refractivity contribution in [1.29, 1.82) is 0 Å². The van der Waals surface area contributed by atoms with Crippen LogP contribution in [0.4, 0.5) is 11.6 Å². The molecule has 1 saturated heterocycles. The molecule has 112 valence electrons. The van der Waals surface area contributed by atoms with Crippen LogP contribution in [0.15, 0.2) is 6.07 Å². The van der Waals surface area contributed by atoms with Gasteiger partial charge in [-0.05, 0) is 26.2 Å². The number of hydrogen-bond acceptors (Lipinski definition) is 5. The summed E-state index contributed by atoms with van der Waals surface area (Å²) < 4.78 is 5.59. The Hall–Kier alpha value is -1.36. The van der Waals surface area contributed by atoms with Gasteiger partial charge in [0, 0.05) is 25.6 Å². The average molecular weight is 278 g/mol. The summed E-state index contributed by atoms with van der Waals surface area (Å²) in [5.74, 6) is 2.73.